The van der Waals surface area contributed by atoms with Gasteiger partial charge in [0.2, 0.25) is 11.0 Å². The number of rotatable bonds is 8. The predicted molar refractivity (Wildman–Crippen MR) is 102 cm³/mol. The molecular weight excluding hydrogens is 372 g/mol. The lowest BCUT2D eigenvalue weighted by molar-refractivity contribution is -0.120. The number of hydrogen-bond donors (Lipinski definition) is 2. The highest BCUT2D eigenvalue weighted by atomic mass is 32.2. The summed E-state index contributed by atoms with van der Waals surface area (Å²) in [6.07, 6.45) is 2.36. The summed E-state index contributed by atoms with van der Waals surface area (Å²) in [4.78, 5) is 23.7. The first-order valence-electron chi connectivity index (χ1n) is 8.27. The van der Waals surface area contributed by atoms with Crippen molar-refractivity contribution in [3.8, 4) is 0 Å². The van der Waals surface area contributed by atoms with Gasteiger partial charge in [-0.3, -0.25) is 4.79 Å². The van der Waals surface area contributed by atoms with Gasteiger partial charge < -0.3 is 15.4 Å². The average Bonchev–Trinajstić information content (AvgIpc) is 3.37. The summed E-state index contributed by atoms with van der Waals surface area (Å²) >= 11 is 2.87. The van der Waals surface area contributed by atoms with E-state index < -0.39 is 0 Å². The van der Waals surface area contributed by atoms with E-state index in [9.17, 15) is 9.59 Å². The number of nitrogens with one attached hydrogen (secondary N) is 2. The molecule has 0 spiro atoms. The lowest BCUT2D eigenvalue weighted by Gasteiger charge is -2.10. The molecule has 0 radical (unpaired) electrons. The average molecular weight is 393 g/mol. The van der Waals surface area contributed by atoms with Crippen LogP contribution in [-0.4, -0.2) is 40.5 Å². The van der Waals surface area contributed by atoms with Gasteiger partial charge in [0.15, 0.2) is 4.34 Å². The number of amides is 1. The van der Waals surface area contributed by atoms with E-state index in [0.717, 1.165) is 15.0 Å². The quantitative estimate of drug-likeness (QED) is 0.527. The Balaban J connectivity index is 1.46. The third-order valence-electron chi connectivity index (χ3n) is 3.80. The second-order valence-corrected chi connectivity index (χ2v) is 8.52. The molecule has 2 N–H and O–H groups in total. The van der Waals surface area contributed by atoms with Crippen LogP contribution in [0.4, 0.5) is 5.13 Å². The number of carbonyl (C=O) groups is 2. The number of carbonyl (C=O) groups excluding carboxylic acids is 2. The summed E-state index contributed by atoms with van der Waals surface area (Å²) < 4.78 is 5.44. The lowest BCUT2D eigenvalue weighted by Crippen LogP contribution is -2.30. The van der Waals surface area contributed by atoms with Crippen LogP contribution in [0.5, 0.6) is 0 Å². The maximum absolute atomic E-state index is 12.3. The summed E-state index contributed by atoms with van der Waals surface area (Å²) in [5, 5.41) is 15.0. The first kappa shape index (κ1) is 18.7. The van der Waals surface area contributed by atoms with Crippen LogP contribution in [0.25, 0.3) is 0 Å². The molecule has 1 aromatic heterocycles. The van der Waals surface area contributed by atoms with Crippen LogP contribution in [0.2, 0.25) is 0 Å². The Kier molecular flexibility index (Phi) is 6.10. The van der Waals surface area contributed by atoms with Gasteiger partial charge in [-0.1, -0.05) is 35.2 Å². The fourth-order valence-corrected chi connectivity index (χ4v) is 4.13. The number of ether oxygens (including phenoxy) is 1. The zero-order valence-electron chi connectivity index (χ0n) is 14.5. The van der Waals surface area contributed by atoms with Crippen LogP contribution in [-0.2, 0) is 16.1 Å². The second-order valence-electron chi connectivity index (χ2n) is 5.96. The molecule has 9 heteroatoms. The van der Waals surface area contributed by atoms with Gasteiger partial charge in [0.1, 0.15) is 0 Å². The molecule has 1 heterocycles. The summed E-state index contributed by atoms with van der Waals surface area (Å²) in [6.45, 7) is 2.24. The van der Waals surface area contributed by atoms with Crippen LogP contribution >= 0.6 is 23.1 Å². The van der Waals surface area contributed by atoms with E-state index >= 15 is 0 Å². The van der Waals surface area contributed by atoms with Crippen molar-refractivity contribution in [1.82, 2.24) is 15.5 Å². The number of hydrogen-bond acceptors (Lipinski definition) is 8. The predicted octanol–water partition coefficient (Wildman–Crippen LogP) is 2.70. The largest absolute Gasteiger partial charge is 0.465 e. The Morgan fingerprint density at radius 3 is 2.69 bits per heavy atom. The molecule has 1 unspecified atom stereocenters. The number of benzene rings is 1. The molecule has 1 atom stereocenters. The maximum atomic E-state index is 12.3. The molecule has 1 amide bonds. The van der Waals surface area contributed by atoms with Crippen molar-refractivity contribution < 1.29 is 14.3 Å². The molecule has 3 rings (SSSR count). The SMILES string of the molecule is COC(=O)c1ccc(CNC(=O)C(C)Sc2nnc(NC3CC3)s2)cc1. The Hall–Kier alpha value is -2.13. The normalized spacial score (nSPS) is 14.5. The highest BCUT2D eigenvalue weighted by Gasteiger charge is 2.23. The van der Waals surface area contributed by atoms with Gasteiger partial charge in [-0.05, 0) is 37.5 Å². The third kappa shape index (κ3) is 5.18. The van der Waals surface area contributed by atoms with Gasteiger partial charge in [0.25, 0.3) is 0 Å². The van der Waals surface area contributed by atoms with Crippen LogP contribution in [0.3, 0.4) is 0 Å². The van der Waals surface area contributed by atoms with Gasteiger partial charge in [-0.2, -0.15) is 0 Å². The van der Waals surface area contributed by atoms with E-state index in [1.807, 2.05) is 6.92 Å². The highest BCUT2D eigenvalue weighted by molar-refractivity contribution is 8.02. The smallest absolute Gasteiger partial charge is 0.337 e. The molecule has 1 aliphatic rings. The van der Waals surface area contributed by atoms with Crippen molar-refractivity contribution in [2.24, 2.45) is 0 Å². The van der Waals surface area contributed by atoms with E-state index in [-0.39, 0.29) is 17.1 Å². The number of aromatic nitrogens is 2. The van der Waals surface area contributed by atoms with Crippen LogP contribution in [0.15, 0.2) is 28.6 Å². The Morgan fingerprint density at radius 1 is 1.31 bits per heavy atom. The first-order chi connectivity index (χ1) is 12.5. The van der Waals surface area contributed by atoms with Gasteiger partial charge in [-0.15, -0.1) is 10.2 Å². The van der Waals surface area contributed by atoms with Crippen LogP contribution < -0.4 is 10.6 Å². The molecule has 1 fully saturated rings. The molecule has 1 aliphatic carbocycles. The minimum absolute atomic E-state index is 0.0704. The molecule has 7 nitrogen and oxygen atoms in total. The highest BCUT2D eigenvalue weighted by Crippen LogP contribution is 2.32. The molecule has 26 heavy (non-hydrogen) atoms. The maximum Gasteiger partial charge on any atom is 0.337 e. The fourth-order valence-electron chi connectivity index (χ4n) is 2.13. The van der Waals surface area contributed by atoms with Gasteiger partial charge in [-0.25, -0.2) is 4.79 Å². The minimum atomic E-state index is -0.377. The Morgan fingerprint density at radius 2 is 2.04 bits per heavy atom. The van der Waals surface area contributed by atoms with E-state index in [2.05, 4.69) is 25.6 Å². The van der Waals surface area contributed by atoms with E-state index in [1.54, 1.807) is 24.3 Å². The number of esters is 1. The van der Waals surface area contributed by atoms with Crippen LogP contribution in [0.1, 0.15) is 35.7 Å². The minimum Gasteiger partial charge on any atom is -0.465 e. The van der Waals surface area contributed by atoms with Gasteiger partial charge >= 0.3 is 5.97 Å². The lowest BCUT2D eigenvalue weighted by atomic mass is 10.1. The van der Waals surface area contributed by atoms with Gasteiger partial charge in [0, 0.05) is 12.6 Å². The number of nitrogens with zero attached hydrogens (tertiary/aromatic N) is 2. The molecule has 2 aromatic rings. The van der Waals surface area contributed by atoms with Crippen molar-refractivity contribution in [3.63, 3.8) is 0 Å². The van der Waals surface area contributed by atoms with Gasteiger partial charge in [0.05, 0.1) is 17.9 Å². The molecule has 1 saturated carbocycles. The Labute approximate surface area is 159 Å². The number of methoxy groups -OCH3 is 1. The first-order valence-corrected chi connectivity index (χ1v) is 9.96. The molecule has 0 saturated heterocycles. The summed E-state index contributed by atoms with van der Waals surface area (Å²) in [5.74, 6) is -0.447. The molecule has 0 aliphatic heterocycles. The third-order valence-corrected chi connectivity index (χ3v) is 5.84. The van der Waals surface area contributed by atoms with E-state index in [0.29, 0.717) is 18.2 Å². The Bertz CT molecular complexity index is 775. The fraction of sp³-hybridized carbons (Fsp3) is 0.412. The summed E-state index contributed by atoms with van der Waals surface area (Å²) in [5.41, 5.74) is 1.40. The van der Waals surface area contributed by atoms with E-state index in [4.69, 9.17) is 0 Å². The summed E-state index contributed by atoms with van der Waals surface area (Å²) in [7, 11) is 1.35. The zero-order chi connectivity index (χ0) is 18.5. The standard InChI is InChI=1S/C17H20N4O3S2/c1-10(25-17-21-20-16(26-17)19-13-7-8-13)14(22)18-9-11-3-5-12(6-4-11)15(23)24-2/h3-6,10,13H,7-9H2,1-2H3,(H,18,22)(H,19,20). The molecule has 138 valence electrons. The van der Waals surface area contributed by atoms with Crippen molar-refractivity contribution in [3.05, 3.63) is 35.4 Å². The second kappa shape index (κ2) is 8.50. The van der Waals surface area contributed by atoms with Crippen molar-refractivity contribution in [2.45, 2.75) is 41.9 Å². The summed E-state index contributed by atoms with van der Waals surface area (Å²) in [6, 6.07) is 7.49. The molecule has 0 bridgehead atoms. The zero-order valence-corrected chi connectivity index (χ0v) is 16.2. The number of anilines is 1. The monoisotopic (exact) mass is 392 g/mol. The molecule has 1 aromatic carbocycles. The van der Waals surface area contributed by atoms with Crippen molar-refractivity contribution >= 4 is 40.1 Å². The van der Waals surface area contributed by atoms with Crippen molar-refractivity contribution in [2.75, 3.05) is 12.4 Å². The number of thioether (sulfide) groups is 1. The molecular formula is C17H20N4O3S2. The van der Waals surface area contributed by atoms with Crippen LogP contribution in [0, 0.1) is 0 Å². The van der Waals surface area contributed by atoms with Crippen molar-refractivity contribution in [1.29, 1.82) is 0 Å². The van der Waals surface area contributed by atoms with E-state index in [1.165, 1.54) is 43.1 Å². The topological polar surface area (TPSA) is 93.2 Å².